The van der Waals surface area contributed by atoms with Gasteiger partial charge in [0.05, 0.1) is 6.10 Å². The maximum atomic E-state index is 9.65. The summed E-state index contributed by atoms with van der Waals surface area (Å²) in [5.41, 5.74) is 0.928. The van der Waals surface area contributed by atoms with E-state index in [0.717, 1.165) is 24.3 Å². The fourth-order valence-electron chi connectivity index (χ4n) is 2.51. The molecule has 2 aromatic rings. The molecule has 0 saturated carbocycles. The minimum atomic E-state index is -0.273. The fraction of sp³-hybridized carbons (Fsp3) is 0.400. The molecule has 1 atom stereocenters. The van der Waals surface area contributed by atoms with Gasteiger partial charge in [-0.25, -0.2) is 9.97 Å². The number of hydrogen-bond acceptors (Lipinski definition) is 6. The summed E-state index contributed by atoms with van der Waals surface area (Å²) >= 11 is 6.09. The zero-order valence-corrected chi connectivity index (χ0v) is 13.1. The highest BCUT2D eigenvalue weighted by Crippen LogP contribution is 2.21. The quantitative estimate of drug-likeness (QED) is 0.866. The number of nitrogens with zero attached hydrogens (tertiary/aromatic N) is 5. The second-order valence-corrected chi connectivity index (χ2v) is 5.77. The molecule has 3 rings (SSSR count). The molecule has 0 bridgehead atoms. The number of anilines is 2. The molecule has 0 spiro atoms. The summed E-state index contributed by atoms with van der Waals surface area (Å²) in [6.07, 6.45) is 3.91. The van der Waals surface area contributed by atoms with Crippen molar-refractivity contribution in [2.75, 3.05) is 29.9 Å². The van der Waals surface area contributed by atoms with Gasteiger partial charge in [0.1, 0.15) is 11.0 Å². The highest BCUT2D eigenvalue weighted by molar-refractivity contribution is 6.30. The molecule has 6 nitrogen and oxygen atoms in total. The zero-order valence-electron chi connectivity index (χ0n) is 12.4. The van der Waals surface area contributed by atoms with Crippen LogP contribution in [-0.4, -0.2) is 46.3 Å². The number of rotatable bonds is 4. The zero-order chi connectivity index (χ0) is 15.5. The highest BCUT2D eigenvalue weighted by Gasteiger charge is 2.22. The lowest BCUT2D eigenvalue weighted by Gasteiger charge is -2.21. The van der Waals surface area contributed by atoms with Gasteiger partial charge in [-0.2, -0.15) is 4.98 Å². The lowest BCUT2D eigenvalue weighted by Crippen LogP contribution is -2.24. The predicted octanol–water partition coefficient (Wildman–Crippen LogP) is 1.73. The Balaban J connectivity index is 1.75. The van der Waals surface area contributed by atoms with Crippen molar-refractivity contribution in [3.63, 3.8) is 0 Å². The Bertz CT molecular complexity index is 653. The fourth-order valence-corrected chi connectivity index (χ4v) is 2.69. The SMILES string of the molecule is CN(Cc1cccnc1Cl)c1nccc(N2CCC(O)C2)n1. The molecular formula is C15H18ClN5O. The summed E-state index contributed by atoms with van der Waals surface area (Å²) in [7, 11) is 1.92. The van der Waals surface area contributed by atoms with Gasteiger partial charge in [0, 0.05) is 44.6 Å². The molecule has 0 amide bonds. The molecule has 116 valence electrons. The third-order valence-corrected chi connectivity index (χ3v) is 4.04. The third-order valence-electron chi connectivity index (χ3n) is 3.70. The Kier molecular flexibility index (Phi) is 4.40. The molecule has 1 aliphatic heterocycles. The maximum Gasteiger partial charge on any atom is 0.227 e. The maximum absolute atomic E-state index is 9.65. The van der Waals surface area contributed by atoms with Crippen LogP contribution < -0.4 is 9.80 Å². The van der Waals surface area contributed by atoms with Crippen molar-refractivity contribution in [2.45, 2.75) is 19.1 Å². The van der Waals surface area contributed by atoms with E-state index in [-0.39, 0.29) is 6.10 Å². The summed E-state index contributed by atoms with van der Waals surface area (Å²) < 4.78 is 0. The van der Waals surface area contributed by atoms with Crippen LogP contribution in [-0.2, 0) is 6.54 Å². The van der Waals surface area contributed by atoms with Crippen molar-refractivity contribution in [2.24, 2.45) is 0 Å². The van der Waals surface area contributed by atoms with Gasteiger partial charge in [-0.15, -0.1) is 0 Å². The Morgan fingerprint density at radius 1 is 1.36 bits per heavy atom. The van der Waals surface area contributed by atoms with E-state index in [9.17, 15) is 5.11 Å². The van der Waals surface area contributed by atoms with Crippen molar-refractivity contribution in [1.29, 1.82) is 0 Å². The summed E-state index contributed by atoms with van der Waals surface area (Å²) in [5, 5.41) is 10.1. The molecule has 7 heteroatoms. The van der Waals surface area contributed by atoms with Crippen molar-refractivity contribution in [3.05, 3.63) is 41.3 Å². The van der Waals surface area contributed by atoms with Gasteiger partial charge in [-0.05, 0) is 18.6 Å². The molecule has 22 heavy (non-hydrogen) atoms. The molecule has 0 aromatic carbocycles. The molecule has 1 fully saturated rings. The van der Waals surface area contributed by atoms with Gasteiger partial charge in [0.2, 0.25) is 5.95 Å². The number of β-amino-alcohol motifs (C(OH)–C–C–N with tert-alkyl or cyclic N) is 1. The lowest BCUT2D eigenvalue weighted by atomic mass is 10.3. The van der Waals surface area contributed by atoms with E-state index in [1.165, 1.54) is 0 Å². The first-order chi connectivity index (χ1) is 10.6. The Morgan fingerprint density at radius 3 is 2.95 bits per heavy atom. The van der Waals surface area contributed by atoms with E-state index in [1.54, 1.807) is 12.4 Å². The first-order valence-corrected chi connectivity index (χ1v) is 7.58. The van der Waals surface area contributed by atoms with Gasteiger partial charge in [0.15, 0.2) is 0 Å². The van der Waals surface area contributed by atoms with Gasteiger partial charge >= 0.3 is 0 Å². The molecule has 1 unspecified atom stereocenters. The van der Waals surface area contributed by atoms with Crippen LogP contribution in [0, 0.1) is 0 Å². The first-order valence-electron chi connectivity index (χ1n) is 7.20. The van der Waals surface area contributed by atoms with Gasteiger partial charge in [-0.3, -0.25) is 0 Å². The summed E-state index contributed by atoms with van der Waals surface area (Å²) in [6, 6.07) is 5.66. The number of aliphatic hydroxyl groups is 1. The molecular weight excluding hydrogens is 302 g/mol. The van der Waals surface area contributed by atoms with Crippen LogP contribution in [0.2, 0.25) is 5.15 Å². The standard InChI is InChI=1S/C15H18ClN5O/c1-20(9-11-3-2-6-17-14(11)16)15-18-7-4-13(19-15)21-8-5-12(22)10-21/h2-4,6-7,12,22H,5,8-10H2,1H3. The minimum Gasteiger partial charge on any atom is -0.391 e. The Labute approximate surface area is 134 Å². The average Bonchev–Trinajstić information content (AvgIpc) is 2.96. The molecule has 1 N–H and O–H groups in total. The average molecular weight is 320 g/mol. The van der Waals surface area contributed by atoms with E-state index in [2.05, 4.69) is 19.9 Å². The summed E-state index contributed by atoms with van der Waals surface area (Å²) in [5.74, 6) is 1.46. The normalized spacial score (nSPS) is 17.8. The second-order valence-electron chi connectivity index (χ2n) is 5.41. The molecule has 1 aliphatic rings. The van der Waals surface area contributed by atoms with Crippen LogP contribution in [0.5, 0.6) is 0 Å². The van der Waals surface area contributed by atoms with Gasteiger partial charge < -0.3 is 14.9 Å². The van der Waals surface area contributed by atoms with Crippen molar-refractivity contribution < 1.29 is 5.11 Å². The van der Waals surface area contributed by atoms with E-state index < -0.39 is 0 Å². The number of aromatic nitrogens is 3. The molecule has 0 radical (unpaired) electrons. The van der Waals surface area contributed by atoms with Crippen LogP contribution in [0.3, 0.4) is 0 Å². The number of halogens is 1. The van der Waals surface area contributed by atoms with Crippen LogP contribution in [0.4, 0.5) is 11.8 Å². The van der Waals surface area contributed by atoms with Crippen molar-refractivity contribution >= 4 is 23.4 Å². The monoisotopic (exact) mass is 319 g/mol. The van der Waals surface area contributed by atoms with Crippen LogP contribution in [0.1, 0.15) is 12.0 Å². The van der Waals surface area contributed by atoms with Crippen molar-refractivity contribution in [1.82, 2.24) is 15.0 Å². The van der Waals surface area contributed by atoms with Crippen LogP contribution in [0.15, 0.2) is 30.6 Å². The predicted molar refractivity (Wildman–Crippen MR) is 86.2 cm³/mol. The third kappa shape index (κ3) is 3.28. The van der Waals surface area contributed by atoms with E-state index >= 15 is 0 Å². The van der Waals surface area contributed by atoms with E-state index in [4.69, 9.17) is 11.6 Å². The van der Waals surface area contributed by atoms with E-state index in [1.807, 2.05) is 30.1 Å². The summed E-state index contributed by atoms with van der Waals surface area (Å²) in [6.45, 7) is 2.02. The van der Waals surface area contributed by atoms with Crippen LogP contribution in [0.25, 0.3) is 0 Å². The van der Waals surface area contributed by atoms with Crippen LogP contribution >= 0.6 is 11.6 Å². The lowest BCUT2D eigenvalue weighted by molar-refractivity contribution is 0.198. The molecule has 1 saturated heterocycles. The van der Waals surface area contributed by atoms with Crippen molar-refractivity contribution in [3.8, 4) is 0 Å². The largest absolute Gasteiger partial charge is 0.391 e. The Morgan fingerprint density at radius 2 is 2.23 bits per heavy atom. The Hall–Kier alpha value is -1.92. The topological polar surface area (TPSA) is 65.4 Å². The number of aliphatic hydroxyl groups excluding tert-OH is 1. The molecule has 3 heterocycles. The second kappa shape index (κ2) is 6.46. The highest BCUT2D eigenvalue weighted by atomic mass is 35.5. The van der Waals surface area contributed by atoms with Gasteiger partial charge in [0.25, 0.3) is 0 Å². The van der Waals surface area contributed by atoms with E-state index in [0.29, 0.717) is 24.2 Å². The minimum absolute atomic E-state index is 0.273. The first kappa shape index (κ1) is 15.0. The molecule has 2 aromatic heterocycles. The molecule has 0 aliphatic carbocycles. The van der Waals surface area contributed by atoms with Gasteiger partial charge in [-0.1, -0.05) is 17.7 Å². The smallest absolute Gasteiger partial charge is 0.227 e. The number of hydrogen-bond donors (Lipinski definition) is 1. The summed E-state index contributed by atoms with van der Waals surface area (Å²) in [4.78, 5) is 17.0. The number of pyridine rings is 1.